The maximum absolute atomic E-state index is 13.4. The highest BCUT2D eigenvalue weighted by molar-refractivity contribution is 5.98. The van der Waals surface area contributed by atoms with Crippen LogP contribution in [0.5, 0.6) is 11.6 Å². The molecule has 3 aromatic heterocycles. The van der Waals surface area contributed by atoms with Crippen LogP contribution in [0.4, 0.5) is 23.8 Å². The number of rotatable bonds is 5. The summed E-state index contributed by atoms with van der Waals surface area (Å²) >= 11 is 0. The molecule has 214 valence electrons. The van der Waals surface area contributed by atoms with Crippen LogP contribution in [0.1, 0.15) is 43.7 Å². The van der Waals surface area contributed by atoms with E-state index < -0.39 is 23.2 Å². The molecule has 3 N–H and O–H groups in total. The molecule has 0 spiro atoms. The van der Waals surface area contributed by atoms with E-state index in [4.69, 9.17) is 15.0 Å². The number of ether oxygens (including phenoxy) is 1. The summed E-state index contributed by atoms with van der Waals surface area (Å²) in [6, 6.07) is 7.28. The fraction of sp³-hybridized carbons (Fsp3) is 0.370. The molecular weight excluding hydrogens is 543 g/mol. The highest BCUT2D eigenvalue weighted by atomic mass is 19.4. The van der Waals surface area contributed by atoms with E-state index in [-0.39, 0.29) is 30.3 Å². The van der Waals surface area contributed by atoms with E-state index in [1.165, 1.54) is 17.1 Å². The monoisotopic (exact) mass is 569 g/mol. The number of aromatic nitrogens is 4. The predicted octanol–water partition coefficient (Wildman–Crippen LogP) is 4.51. The van der Waals surface area contributed by atoms with Crippen LogP contribution >= 0.6 is 0 Å². The standard InChI is InChI=1S/C27H26F3N7O4/c1-25(2,31)23(38)36-9-6-17-18(13-36)32-14-33-22(17)40-16-3-4-19-15(11-16)5-10-37(19)24(39)34-21-12-20(41-35-21)26(7-8-26)27(28,29)30/h3-5,10-12,14H,6-9,13,31H2,1-2H3,(H,34,35,39). The molecule has 14 heteroatoms. The van der Waals surface area contributed by atoms with Gasteiger partial charge in [-0.15, -0.1) is 0 Å². The second-order valence-corrected chi connectivity index (χ2v) is 10.9. The lowest BCUT2D eigenvalue weighted by Crippen LogP contribution is -2.52. The zero-order chi connectivity index (χ0) is 29.2. The first-order valence-corrected chi connectivity index (χ1v) is 12.9. The van der Waals surface area contributed by atoms with Crippen molar-refractivity contribution in [2.24, 2.45) is 5.73 Å². The van der Waals surface area contributed by atoms with E-state index in [2.05, 4.69) is 20.4 Å². The quantitative estimate of drug-likeness (QED) is 0.358. The van der Waals surface area contributed by atoms with Gasteiger partial charge in [-0.05, 0) is 57.4 Å². The Labute approximate surface area is 231 Å². The van der Waals surface area contributed by atoms with Crippen LogP contribution in [-0.2, 0) is 23.2 Å². The van der Waals surface area contributed by atoms with Gasteiger partial charge in [0, 0.05) is 29.8 Å². The molecule has 41 heavy (non-hydrogen) atoms. The molecule has 2 aliphatic rings. The lowest BCUT2D eigenvalue weighted by Gasteiger charge is -2.33. The van der Waals surface area contributed by atoms with Crippen molar-refractivity contribution in [3.05, 3.63) is 59.9 Å². The Morgan fingerprint density at radius 1 is 1.15 bits per heavy atom. The third-order valence-electron chi connectivity index (χ3n) is 7.41. The molecule has 1 aliphatic carbocycles. The lowest BCUT2D eigenvalue weighted by molar-refractivity contribution is -0.165. The zero-order valence-corrected chi connectivity index (χ0v) is 22.2. The molecule has 0 saturated heterocycles. The van der Waals surface area contributed by atoms with E-state index in [0.717, 1.165) is 11.6 Å². The Balaban J connectivity index is 1.17. The minimum Gasteiger partial charge on any atom is -0.439 e. The summed E-state index contributed by atoms with van der Waals surface area (Å²) < 4.78 is 52.4. The zero-order valence-electron chi connectivity index (χ0n) is 22.2. The topological polar surface area (TPSA) is 141 Å². The third kappa shape index (κ3) is 4.77. The van der Waals surface area contributed by atoms with Gasteiger partial charge in [0.25, 0.3) is 0 Å². The van der Waals surface area contributed by atoms with Crippen molar-refractivity contribution < 1.29 is 32.0 Å². The molecule has 4 heterocycles. The number of fused-ring (bicyclic) bond motifs is 2. The normalized spacial score (nSPS) is 16.4. The van der Waals surface area contributed by atoms with Crippen LogP contribution in [0.3, 0.4) is 0 Å². The highest BCUT2D eigenvalue weighted by Gasteiger charge is 2.67. The fourth-order valence-electron chi connectivity index (χ4n) is 4.99. The largest absolute Gasteiger partial charge is 0.439 e. The second-order valence-electron chi connectivity index (χ2n) is 10.9. The Morgan fingerprint density at radius 3 is 2.63 bits per heavy atom. The Bertz CT molecular complexity index is 1670. The third-order valence-corrected chi connectivity index (χ3v) is 7.41. The Morgan fingerprint density at radius 2 is 1.93 bits per heavy atom. The second kappa shape index (κ2) is 9.29. The SMILES string of the molecule is CC(C)(N)C(=O)N1CCc2c(ncnc2Oc2ccc3c(ccn3C(=O)Nc3cc(C4(C(F)(F)F)CC4)on3)c2)C1. The van der Waals surface area contributed by atoms with Crippen molar-refractivity contribution in [2.45, 2.75) is 56.8 Å². The van der Waals surface area contributed by atoms with Gasteiger partial charge < -0.3 is 19.9 Å². The summed E-state index contributed by atoms with van der Waals surface area (Å²) in [5.41, 5.74) is 4.98. The van der Waals surface area contributed by atoms with Gasteiger partial charge in [-0.2, -0.15) is 13.2 Å². The minimum atomic E-state index is -4.45. The summed E-state index contributed by atoms with van der Waals surface area (Å²) in [4.78, 5) is 35.8. The first-order chi connectivity index (χ1) is 19.4. The summed E-state index contributed by atoms with van der Waals surface area (Å²) in [5.74, 6) is 0.265. The Kier molecular flexibility index (Phi) is 6.06. The van der Waals surface area contributed by atoms with Crippen molar-refractivity contribution in [1.82, 2.24) is 24.6 Å². The smallest absolute Gasteiger partial charge is 0.401 e. The van der Waals surface area contributed by atoms with Crippen LogP contribution in [0.15, 0.2) is 47.4 Å². The molecule has 6 rings (SSSR count). The van der Waals surface area contributed by atoms with Crippen LogP contribution in [0.2, 0.25) is 0 Å². The molecule has 2 amide bonds. The molecule has 11 nitrogen and oxygen atoms in total. The lowest BCUT2D eigenvalue weighted by atomic mass is 10.0. The van der Waals surface area contributed by atoms with Gasteiger partial charge in [-0.3, -0.25) is 14.7 Å². The molecular formula is C27H26F3N7O4. The fourth-order valence-corrected chi connectivity index (χ4v) is 4.99. The number of alkyl halides is 3. The van der Waals surface area contributed by atoms with Crippen molar-refractivity contribution in [3.63, 3.8) is 0 Å². The highest BCUT2D eigenvalue weighted by Crippen LogP contribution is 2.59. The van der Waals surface area contributed by atoms with Gasteiger partial charge in [0.15, 0.2) is 11.6 Å². The first-order valence-electron chi connectivity index (χ1n) is 12.9. The molecule has 0 unspecified atom stereocenters. The molecule has 0 bridgehead atoms. The maximum atomic E-state index is 13.4. The van der Waals surface area contributed by atoms with Gasteiger partial charge in [-0.1, -0.05) is 5.16 Å². The summed E-state index contributed by atoms with van der Waals surface area (Å²) in [6.45, 7) is 4.09. The summed E-state index contributed by atoms with van der Waals surface area (Å²) in [7, 11) is 0. The average molecular weight is 570 g/mol. The van der Waals surface area contributed by atoms with Crippen molar-refractivity contribution in [1.29, 1.82) is 0 Å². The number of nitrogens with zero attached hydrogens (tertiary/aromatic N) is 5. The van der Waals surface area contributed by atoms with Crippen molar-refractivity contribution in [2.75, 3.05) is 11.9 Å². The number of nitrogens with one attached hydrogen (secondary N) is 1. The van der Waals surface area contributed by atoms with Gasteiger partial charge in [-0.25, -0.2) is 14.8 Å². The molecule has 0 radical (unpaired) electrons. The van der Waals surface area contributed by atoms with Gasteiger partial charge in [0.05, 0.1) is 23.3 Å². The number of carbonyl (C=O) groups excluding carboxylic acids is 2. The van der Waals surface area contributed by atoms with Crippen LogP contribution in [0, 0.1) is 0 Å². The minimum absolute atomic E-state index is 0.0751. The molecule has 4 aromatic rings. The molecule has 1 saturated carbocycles. The van der Waals surface area contributed by atoms with Gasteiger partial charge >= 0.3 is 12.2 Å². The summed E-state index contributed by atoms with van der Waals surface area (Å²) in [6.07, 6.45) is -1.19. The Hall–Kier alpha value is -4.46. The molecule has 1 fully saturated rings. The van der Waals surface area contributed by atoms with E-state index in [0.29, 0.717) is 47.7 Å². The molecule has 1 aliphatic heterocycles. The number of anilines is 1. The molecule has 0 atom stereocenters. The number of benzene rings is 1. The van der Waals surface area contributed by atoms with Gasteiger partial charge in [0.2, 0.25) is 11.8 Å². The number of hydrogen-bond donors (Lipinski definition) is 2. The van der Waals surface area contributed by atoms with E-state index in [9.17, 15) is 22.8 Å². The number of halogens is 3. The van der Waals surface area contributed by atoms with Crippen LogP contribution in [0.25, 0.3) is 10.9 Å². The van der Waals surface area contributed by atoms with Crippen molar-refractivity contribution in [3.8, 4) is 11.6 Å². The number of carbonyl (C=O) groups is 2. The number of hydrogen-bond acceptors (Lipinski definition) is 8. The average Bonchev–Trinajstić information content (AvgIpc) is 3.44. The van der Waals surface area contributed by atoms with E-state index >= 15 is 0 Å². The number of amides is 2. The van der Waals surface area contributed by atoms with E-state index in [1.807, 2.05) is 0 Å². The van der Waals surface area contributed by atoms with E-state index in [1.54, 1.807) is 43.0 Å². The molecule has 1 aromatic carbocycles. The van der Waals surface area contributed by atoms with Crippen LogP contribution < -0.4 is 15.8 Å². The van der Waals surface area contributed by atoms with Crippen LogP contribution in [-0.4, -0.2) is 54.8 Å². The van der Waals surface area contributed by atoms with Crippen molar-refractivity contribution >= 4 is 28.7 Å². The first kappa shape index (κ1) is 26.7. The van der Waals surface area contributed by atoms with Gasteiger partial charge in [0.1, 0.15) is 17.5 Å². The maximum Gasteiger partial charge on any atom is 0.401 e. The predicted molar refractivity (Wildman–Crippen MR) is 139 cm³/mol. The number of nitrogens with two attached hydrogens (primary N) is 1. The summed E-state index contributed by atoms with van der Waals surface area (Å²) in [5, 5.41) is 6.77.